The van der Waals surface area contributed by atoms with Crippen LogP contribution in [0, 0.1) is 0 Å². The van der Waals surface area contributed by atoms with Crippen LogP contribution in [0.5, 0.6) is 0 Å². The van der Waals surface area contributed by atoms with Crippen LogP contribution in [0.1, 0.15) is 81.5 Å². The molecule has 0 unspecified atom stereocenters. The van der Waals surface area contributed by atoms with Gasteiger partial charge in [0.25, 0.3) is 6.71 Å². The lowest BCUT2D eigenvalue weighted by molar-refractivity contribution is 0.590. The molecule has 0 aliphatic carbocycles. The topological polar surface area (TPSA) is 16.3 Å². The molecule has 16 rings (SSSR count). The second kappa shape index (κ2) is 19.2. The zero-order valence-electron chi connectivity index (χ0n) is 68.2. The van der Waals surface area contributed by atoms with Crippen LogP contribution in [0.15, 0.2) is 272 Å². The molecule has 4 nitrogen and oxygen atoms in total. The molecule has 0 radical (unpaired) electrons. The van der Waals surface area contributed by atoms with Gasteiger partial charge < -0.3 is 18.9 Å². The molecular formula is C80H63BN4. The van der Waals surface area contributed by atoms with Crippen LogP contribution < -0.4 is 26.2 Å². The van der Waals surface area contributed by atoms with E-state index in [0.717, 1.165) is 26.8 Å². The van der Waals surface area contributed by atoms with Gasteiger partial charge >= 0.3 is 0 Å². The van der Waals surface area contributed by atoms with Crippen molar-refractivity contribution in [3.05, 3.63) is 284 Å². The molecule has 406 valence electrons. The van der Waals surface area contributed by atoms with Crippen molar-refractivity contribution in [2.75, 3.05) is 9.80 Å². The Morgan fingerprint density at radius 2 is 0.741 bits per heavy atom. The molecule has 2 aliphatic heterocycles. The van der Waals surface area contributed by atoms with Crippen molar-refractivity contribution in [2.24, 2.45) is 0 Å². The molecule has 0 atom stereocenters. The number of anilines is 6. The minimum atomic E-state index is -1.44. The highest BCUT2D eigenvalue weighted by Gasteiger charge is 2.45. The molecule has 14 aromatic rings. The van der Waals surface area contributed by atoms with E-state index in [1.54, 1.807) is 0 Å². The molecule has 0 amide bonds. The SMILES string of the molecule is [2H]c1cc(-n2c3c([2H])c([2H])c([2H])c([2H])c3c3c([2H])c([2H])c([2H])c([2H])c32)c([2H])c2c1B1c3c(cc(-c4ccccc4)cc3N(c3ccccc3-c3cccc(C(C)(C)C)c3)c3c([2H])c(-n4c5c([2H])c([2H])c([2H])c([2H])c5c5c([2H])c([2H])c([2H])c([2H])c54)c([2H])c([2H])c31)N2c1ccccc1-c1cccc(C(C)(C)C)c1. The normalized spacial score (nSPS) is 16.4. The zero-order chi connectivity index (χ0) is 75.6. The highest BCUT2D eigenvalue weighted by Crippen LogP contribution is 2.51. The minimum absolute atomic E-state index is 0.0324. The summed E-state index contributed by atoms with van der Waals surface area (Å²) in [6.45, 7) is 11.1. The van der Waals surface area contributed by atoms with Gasteiger partial charge in [0.2, 0.25) is 0 Å². The molecule has 0 saturated heterocycles. The fourth-order valence-electron chi connectivity index (χ4n) is 12.5. The summed E-state index contributed by atoms with van der Waals surface area (Å²) in [5.74, 6) is 0. The molecule has 0 spiro atoms. The first-order chi connectivity index (χ1) is 50.2. The molecule has 0 bridgehead atoms. The molecule has 5 heteroatoms. The first-order valence-electron chi connectivity index (χ1n) is 38.7. The molecular weight excluding hydrogens is 1030 g/mol. The van der Waals surface area contributed by atoms with Gasteiger partial charge in [-0.15, -0.1) is 0 Å². The average molecular weight is 1110 g/mol. The molecule has 85 heavy (non-hydrogen) atoms. The van der Waals surface area contributed by atoms with Crippen molar-refractivity contribution < 1.29 is 28.8 Å². The van der Waals surface area contributed by atoms with Crippen LogP contribution in [-0.4, -0.2) is 15.8 Å². The summed E-state index contributed by atoms with van der Waals surface area (Å²) in [4.78, 5) is 3.69. The third-order valence-electron chi connectivity index (χ3n) is 16.6. The Balaban J connectivity index is 1.14. The molecule has 0 N–H and O–H groups in total. The van der Waals surface area contributed by atoms with Crippen molar-refractivity contribution in [1.29, 1.82) is 0 Å². The van der Waals surface area contributed by atoms with E-state index in [2.05, 4.69) is 53.7 Å². The quantitative estimate of drug-likeness (QED) is 0.148. The molecule has 2 aromatic heterocycles. The van der Waals surface area contributed by atoms with Gasteiger partial charge in [-0.25, -0.2) is 0 Å². The van der Waals surface area contributed by atoms with E-state index < -0.39 is 144 Å². The fourth-order valence-corrected chi connectivity index (χ4v) is 12.5. The summed E-state index contributed by atoms with van der Waals surface area (Å²) < 4.78 is 206. The Kier molecular flexibility index (Phi) is 7.53. The highest BCUT2D eigenvalue weighted by atomic mass is 15.2. The van der Waals surface area contributed by atoms with Gasteiger partial charge in [0.1, 0.15) is 0 Å². The monoisotopic (exact) mass is 1110 g/mol. The largest absolute Gasteiger partial charge is 0.311 e. The lowest BCUT2D eigenvalue weighted by atomic mass is 9.33. The van der Waals surface area contributed by atoms with E-state index in [4.69, 9.17) is 11.0 Å². The number of hydrogen-bond acceptors (Lipinski definition) is 2. The van der Waals surface area contributed by atoms with Crippen LogP contribution >= 0.6 is 0 Å². The number of aromatic nitrogens is 2. The number of benzene rings is 12. The van der Waals surface area contributed by atoms with Crippen LogP contribution in [0.2, 0.25) is 0 Å². The van der Waals surface area contributed by atoms with Gasteiger partial charge in [-0.2, -0.15) is 0 Å². The summed E-state index contributed by atoms with van der Waals surface area (Å²) >= 11 is 0. The Labute approximate surface area is 527 Å². The van der Waals surface area contributed by atoms with Gasteiger partial charge in [-0.05, 0) is 133 Å². The Morgan fingerprint density at radius 3 is 1.22 bits per heavy atom. The van der Waals surface area contributed by atoms with E-state index in [1.165, 1.54) is 10.6 Å². The Bertz CT molecular complexity index is 6120. The summed E-state index contributed by atoms with van der Waals surface area (Å²) in [6, 6.07) is 32.1. The second-order valence-electron chi connectivity index (χ2n) is 23.7. The number of fused-ring (bicyclic) bond motifs is 10. The third kappa shape index (κ3) is 8.05. The number of rotatable bonds is 7. The third-order valence-corrected chi connectivity index (χ3v) is 16.6. The van der Waals surface area contributed by atoms with E-state index in [1.807, 2.05) is 137 Å². The van der Waals surface area contributed by atoms with Crippen molar-refractivity contribution in [1.82, 2.24) is 9.13 Å². The smallest absolute Gasteiger partial charge is 0.252 e. The van der Waals surface area contributed by atoms with E-state index in [-0.39, 0.29) is 77.4 Å². The van der Waals surface area contributed by atoms with E-state index in [0.29, 0.717) is 50.5 Å². The summed E-state index contributed by atoms with van der Waals surface area (Å²) in [5, 5.41) is -1.17. The average Bonchev–Trinajstić information content (AvgIpc) is 0.862. The van der Waals surface area contributed by atoms with Crippen LogP contribution in [0.25, 0.3) is 88.4 Å². The highest BCUT2D eigenvalue weighted by molar-refractivity contribution is 7.00. The maximum atomic E-state index is 11.3. The number of para-hydroxylation sites is 6. The van der Waals surface area contributed by atoms with Crippen LogP contribution in [-0.2, 0) is 10.8 Å². The summed E-state index contributed by atoms with van der Waals surface area (Å²) in [6.07, 6.45) is 0. The molecule has 2 aliphatic rings. The standard InChI is InChI=1S/C80H63BN4/c1-79(2,3)56-28-22-26-53(46-56)60-30-10-16-36-68(60)84-74-50-58(82-70-38-18-12-32-62(70)63-33-13-19-39-71(63)82)42-44-66(74)81-67-45-43-59(83-72-40-20-14-34-64(72)65-35-15-21-41-73(65)83)51-75(67)85(77-49-55(48-76(84)78(77)81)52-24-8-7-9-25-52)69-37-17-11-31-61(69)54-27-23-29-57(47-54)80(4,5)6/h7-51H,1-6H3/i12D,13D,14D,15D,18D,19D,20D,21D,32D,33D,34D,35D,38D,39D,40D,41D,42D,44D,45D,50D,51D. The van der Waals surface area contributed by atoms with E-state index >= 15 is 0 Å². The molecule has 12 aromatic carbocycles. The molecule has 0 saturated carbocycles. The van der Waals surface area contributed by atoms with Crippen molar-refractivity contribution in [3.8, 4) is 44.8 Å². The second-order valence-corrected chi connectivity index (χ2v) is 23.7. The van der Waals surface area contributed by atoms with Crippen molar-refractivity contribution in [3.63, 3.8) is 0 Å². The number of hydrogen-bond donors (Lipinski definition) is 0. The Morgan fingerprint density at radius 1 is 0.329 bits per heavy atom. The molecule has 0 fully saturated rings. The lowest BCUT2D eigenvalue weighted by Gasteiger charge is -2.45. The van der Waals surface area contributed by atoms with Crippen LogP contribution in [0.3, 0.4) is 0 Å². The van der Waals surface area contributed by atoms with Gasteiger partial charge in [0.15, 0.2) is 0 Å². The zero-order valence-corrected chi connectivity index (χ0v) is 47.2. The summed E-state index contributed by atoms with van der Waals surface area (Å²) in [7, 11) is 0. The van der Waals surface area contributed by atoms with Crippen molar-refractivity contribution >= 4 is 101 Å². The fraction of sp³-hybridized carbons (Fsp3) is 0.100. The lowest BCUT2D eigenvalue weighted by Crippen LogP contribution is -2.61. The molecule has 4 heterocycles. The number of nitrogens with zero attached hydrogens (tertiary/aromatic N) is 4. The van der Waals surface area contributed by atoms with Gasteiger partial charge in [0.05, 0.1) is 62.2 Å². The first kappa shape index (κ1) is 33.3. The first-order valence-corrected chi connectivity index (χ1v) is 28.2. The van der Waals surface area contributed by atoms with Gasteiger partial charge in [0, 0.05) is 66.8 Å². The predicted molar refractivity (Wildman–Crippen MR) is 363 cm³/mol. The maximum absolute atomic E-state index is 11.3. The Hall–Kier alpha value is -10.1. The van der Waals surface area contributed by atoms with Crippen molar-refractivity contribution in [2.45, 2.75) is 52.4 Å². The maximum Gasteiger partial charge on any atom is 0.252 e. The van der Waals surface area contributed by atoms with Crippen LogP contribution in [0.4, 0.5) is 34.1 Å². The minimum Gasteiger partial charge on any atom is -0.311 e. The predicted octanol–water partition coefficient (Wildman–Crippen LogP) is 19.6. The van der Waals surface area contributed by atoms with Gasteiger partial charge in [-0.1, -0.05) is 241 Å². The summed E-state index contributed by atoms with van der Waals surface area (Å²) in [5.41, 5.74) is 4.99. The van der Waals surface area contributed by atoms with Gasteiger partial charge in [-0.3, -0.25) is 0 Å². The van der Waals surface area contributed by atoms with E-state index in [9.17, 15) is 17.8 Å².